The van der Waals surface area contributed by atoms with Crippen LogP contribution in [0.3, 0.4) is 0 Å². The second-order valence-electron chi connectivity index (χ2n) is 8.05. The maximum absolute atomic E-state index is 4.56. The van der Waals surface area contributed by atoms with Gasteiger partial charge < -0.3 is 10.3 Å². The lowest BCUT2D eigenvalue weighted by molar-refractivity contribution is 0.371. The number of nitrogens with zero attached hydrogens (tertiary/aromatic N) is 4. The van der Waals surface area contributed by atoms with Crippen molar-refractivity contribution in [3.05, 3.63) is 67.4 Å². The monoisotopic (exact) mass is 407 g/mol. The molecule has 31 heavy (non-hydrogen) atoms. The van der Waals surface area contributed by atoms with Crippen LogP contribution in [0.4, 0.5) is 5.69 Å². The molecule has 0 aromatic carbocycles. The van der Waals surface area contributed by atoms with Crippen molar-refractivity contribution in [2.45, 2.75) is 19.3 Å². The maximum Gasteiger partial charge on any atom is 0.181 e. The normalized spacial score (nSPS) is 14.1. The second kappa shape index (κ2) is 7.05. The maximum atomic E-state index is 4.56. The third-order valence-electron chi connectivity index (χ3n) is 6.04. The Balaban J connectivity index is 1.37. The molecule has 6 rings (SSSR count). The summed E-state index contributed by atoms with van der Waals surface area (Å²) in [6.07, 6.45) is 11.0. The zero-order valence-corrected chi connectivity index (χ0v) is 16.9. The van der Waals surface area contributed by atoms with Gasteiger partial charge in [-0.15, -0.1) is 0 Å². The van der Waals surface area contributed by atoms with Crippen LogP contribution in [0.1, 0.15) is 19.3 Å². The summed E-state index contributed by atoms with van der Waals surface area (Å²) in [4.78, 5) is 16.8. The number of fused-ring (bicyclic) bond motifs is 2. The SMILES string of the molecule is C=C(Nc1cncc(-c2cnc3n[nH]c(-c4cc5ncccc5[nH]4)c3c2)c1)C1CCC1. The molecule has 5 aromatic rings. The van der Waals surface area contributed by atoms with Crippen molar-refractivity contribution in [2.75, 3.05) is 5.32 Å². The van der Waals surface area contributed by atoms with Crippen molar-refractivity contribution >= 4 is 27.8 Å². The number of anilines is 1. The molecule has 152 valence electrons. The number of pyridine rings is 3. The fraction of sp³-hybridized carbons (Fsp3) is 0.167. The van der Waals surface area contributed by atoms with Crippen molar-refractivity contribution in [3.8, 4) is 22.5 Å². The molecule has 0 atom stereocenters. The van der Waals surface area contributed by atoms with Crippen LogP contribution >= 0.6 is 0 Å². The van der Waals surface area contributed by atoms with Gasteiger partial charge in [-0.2, -0.15) is 5.10 Å². The third-order valence-corrected chi connectivity index (χ3v) is 6.04. The molecule has 1 aliphatic carbocycles. The summed E-state index contributed by atoms with van der Waals surface area (Å²) >= 11 is 0. The molecule has 1 fully saturated rings. The van der Waals surface area contributed by atoms with Crippen molar-refractivity contribution in [1.29, 1.82) is 0 Å². The minimum Gasteiger partial charge on any atom is -0.358 e. The molecule has 0 radical (unpaired) electrons. The zero-order valence-electron chi connectivity index (χ0n) is 16.9. The molecule has 0 bridgehead atoms. The van der Waals surface area contributed by atoms with Gasteiger partial charge in [-0.3, -0.25) is 15.1 Å². The highest BCUT2D eigenvalue weighted by Gasteiger charge is 2.20. The molecule has 5 heterocycles. The first-order chi connectivity index (χ1) is 15.2. The minimum absolute atomic E-state index is 0.570. The number of H-pyrrole nitrogens is 2. The summed E-state index contributed by atoms with van der Waals surface area (Å²) in [6.45, 7) is 4.20. The Morgan fingerprint density at radius 2 is 1.97 bits per heavy atom. The van der Waals surface area contributed by atoms with Crippen LogP contribution in [0.2, 0.25) is 0 Å². The number of allylic oxidation sites excluding steroid dienone is 1. The van der Waals surface area contributed by atoms with Crippen molar-refractivity contribution in [3.63, 3.8) is 0 Å². The lowest BCUT2D eigenvalue weighted by Crippen LogP contribution is -2.18. The Hall–Kier alpha value is -4.00. The molecule has 1 saturated carbocycles. The first-order valence-electron chi connectivity index (χ1n) is 10.4. The number of nitrogens with one attached hydrogen (secondary N) is 3. The molecule has 5 aromatic heterocycles. The summed E-state index contributed by atoms with van der Waals surface area (Å²) in [5.74, 6) is 0.570. The molecule has 0 saturated heterocycles. The highest BCUT2D eigenvalue weighted by atomic mass is 15.2. The summed E-state index contributed by atoms with van der Waals surface area (Å²) < 4.78 is 0. The molecular weight excluding hydrogens is 386 g/mol. The van der Waals surface area contributed by atoms with Gasteiger partial charge in [-0.1, -0.05) is 13.0 Å². The van der Waals surface area contributed by atoms with Crippen LogP contribution in [-0.4, -0.2) is 30.1 Å². The zero-order chi connectivity index (χ0) is 20.8. The van der Waals surface area contributed by atoms with E-state index in [9.17, 15) is 0 Å². The minimum atomic E-state index is 0.570. The van der Waals surface area contributed by atoms with E-state index in [1.807, 2.05) is 36.8 Å². The van der Waals surface area contributed by atoms with Crippen molar-refractivity contribution in [1.82, 2.24) is 30.1 Å². The van der Waals surface area contributed by atoms with Gasteiger partial charge in [0.15, 0.2) is 5.65 Å². The van der Waals surface area contributed by atoms with E-state index in [2.05, 4.69) is 54.2 Å². The number of hydrogen-bond donors (Lipinski definition) is 3. The highest BCUT2D eigenvalue weighted by Crippen LogP contribution is 2.34. The van der Waals surface area contributed by atoms with Gasteiger partial charge in [0.1, 0.15) is 0 Å². The Morgan fingerprint density at radius 3 is 2.81 bits per heavy atom. The van der Waals surface area contributed by atoms with Crippen LogP contribution in [-0.2, 0) is 0 Å². The number of aromatic nitrogens is 6. The molecule has 1 aliphatic rings. The molecule has 7 heteroatoms. The van der Waals surface area contributed by atoms with Crippen LogP contribution in [0.15, 0.2) is 67.4 Å². The second-order valence-corrected chi connectivity index (χ2v) is 8.05. The quantitative estimate of drug-likeness (QED) is 0.368. The fourth-order valence-electron chi connectivity index (χ4n) is 4.06. The molecule has 3 N–H and O–H groups in total. The number of hydrogen-bond acceptors (Lipinski definition) is 5. The summed E-state index contributed by atoms with van der Waals surface area (Å²) in [6, 6.07) is 10.1. The van der Waals surface area contributed by atoms with Crippen molar-refractivity contribution < 1.29 is 0 Å². The van der Waals surface area contributed by atoms with Gasteiger partial charge in [0.2, 0.25) is 0 Å². The highest BCUT2D eigenvalue weighted by molar-refractivity contribution is 5.95. The van der Waals surface area contributed by atoms with E-state index in [0.29, 0.717) is 11.6 Å². The Kier molecular flexibility index (Phi) is 4.06. The Labute approximate surface area is 178 Å². The Morgan fingerprint density at radius 1 is 1.06 bits per heavy atom. The van der Waals surface area contributed by atoms with Crippen LogP contribution < -0.4 is 5.32 Å². The largest absolute Gasteiger partial charge is 0.358 e. The van der Waals surface area contributed by atoms with Crippen LogP contribution in [0.25, 0.3) is 44.6 Å². The first-order valence-corrected chi connectivity index (χ1v) is 10.4. The lowest BCUT2D eigenvalue weighted by Gasteiger charge is -2.28. The number of aromatic amines is 2. The van der Waals surface area contributed by atoms with Gasteiger partial charge in [-0.05, 0) is 49.1 Å². The standard InChI is InChI=1S/C24H21N7/c1-14(15-4-2-5-15)28-18-8-16(11-25-13-18)17-9-19-23(30-31-24(19)27-12-17)22-10-21-20(29-22)6-3-7-26-21/h3,6-13,15,28-29H,1-2,4-5H2,(H,27,30,31). The summed E-state index contributed by atoms with van der Waals surface area (Å²) in [5.41, 5.74) is 8.39. The third kappa shape index (κ3) is 3.15. The Bertz CT molecular complexity index is 1390. The van der Waals surface area contributed by atoms with Gasteiger partial charge in [0.25, 0.3) is 0 Å². The van der Waals surface area contributed by atoms with Gasteiger partial charge in [-0.25, -0.2) is 4.98 Å². The molecule has 0 spiro atoms. The van der Waals surface area contributed by atoms with E-state index in [1.165, 1.54) is 19.3 Å². The van der Waals surface area contributed by atoms with Gasteiger partial charge in [0, 0.05) is 40.8 Å². The molecule has 7 nitrogen and oxygen atoms in total. The molecular formula is C24H21N7. The van der Waals surface area contributed by atoms with E-state index < -0.39 is 0 Å². The fourth-order valence-corrected chi connectivity index (χ4v) is 4.06. The smallest absolute Gasteiger partial charge is 0.181 e. The molecule has 0 aliphatic heterocycles. The number of rotatable bonds is 5. The van der Waals surface area contributed by atoms with Gasteiger partial charge in [0.05, 0.1) is 34.3 Å². The van der Waals surface area contributed by atoms with E-state index in [4.69, 9.17) is 0 Å². The average Bonchev–Trinajstić information content (AvgIpc) is 3.36. The van der Waals surface area contributed by atoms with E-state index >= 15 is 0 Å². The summed E-state index contributed by atoms with van der Waals surface area (Å²) in [7, 11) is 0. The molecule has 0 amide bonds. The van der Waals surface area contributed by atoms with Gasteiger partial charge >= 0.3 is 0 Å². The average molecular weight is 407 g/mol. The predicted molar refractivity (Wildman–Crippen MR) is 122 cm³/mol. The van der Waals surface area contributed by atoms with E-state index in [0.717, 1.165) is 50.3 Å². The molecule has 0 unspecified atom stereocenters. The van der Waals surface area contributed by atoms with E-state index in [-0.39, 0.29) is 0 Å². The predicted octanol–water partition coefficient (Wildman–Crippen LogP) is 5.29. The van der Waals surface area contributed by atoms with Crippen molar-refractivity contribution in [2.24, 2.45) is 5.92 Å². The first kappa shape index (κ1) is 17.8. The van der Waals surface area contributed by atoms with Crippen LogP contribution in [0, 0.1) is 5.92 Å². The lowest BCUT2D eigenvalue weighted by atomic mass is 9.83. The topological polar surface area (TPSA) is 95.2 Å². The summed E-state index contributed by atoms with van der Waals surface area (Å²) in [5, 5.41) is 11.9. The van der Waals surface area contributed by atoms with Crippen LogP contribution in [0.5, 0.6) is 0 Å². The van der Waals surface area contributed by atoms with E-state index in [1.54, 1.807) is 6.20 Å².